The lowest BCUT2D eigenvalue weighted by atomic mass is 9.82. The number of nitrogens with zero attached hydrogens (tertiary/aromatic N) is 1. The Hall–Kier alpha value is -2.82. The molecule has 2 amide bonds. The van der Waals surface area contributed by atoms with Crippen LogP contribution in [0.1, 0.15) is 30.0 Å². The van der Waals surface area contributed by atoms with Crippen LogP contribution in [0.5, 0.6) is 5.75 Å². The molecule has 136 valence electrons. The number of rotatable bonds is 4. The molecule has 1 heterocycles. The number of anilines is 1. The molecule has 0 spiro atoms. The Kier molecular flexibility index (Phi) is 5.26. The fourth-order valence-corrected chi connectivity index (χ4v) is 3.63. The summed E-state index contributed by atoms with van der Waals surface area (Å²) in [6.45, 7) is 2.01. The molecule has 1 saturated heterocycles. The van der Waals surface area contributed by atoms with Gasteiger partial charge in [0.2, 0.25) is 11.8 Å². The summed E-state index contributed by atoms with van der Waals surface area (Å²) in [4.78, 5) is 27.2. The summed E-state index contributed by atoms with van der Waals surface area (Å²) in [7, 11) is 3.24. The lowest BCUT2D eigenvalue weighted by Gasteiger charge is -2.41. The van der Waals surface area contributed by atoms with E-state index in [0.29, 0.717) is 18.6 Å². The average molecular weight is 352 g/mol. The Morgan fingerprint density at radius 2 is 1.85 bits per heavy atom. The first-order valence-electron chi connectivity index (χ1n) is 8.80. The van der Waals surface area contributed by atoms with Crippen LogP contribution in [0.4, 0.5) is 5.69 Å². The maximum Gasteiger partial charge on any atom is 0.227 e. The first kappa shape index (κ1) is 18.0. The molecule has 1 aliphatic rings. The summed E-state index contributed by atoms with van der Waals surface area (Å²) < 4.78 is 5.53. The fraction of sp³-hybridized carbons (Fsp3) is 0.333. The van der Waals surface area contributed by atoms with Gasteiger partial charge in [-0.1, -0.05) is 35.9 Å². The van der Waals surface area contributed by atoms with Gasteiger partial charge in [0.05, 0.1) is 19.1 Å². The zero-order valence-corrected chi connectivity index (χ0v) is 15.4. The van der Waals surface area contributed by atoms with Gasteiger partial charge >= 0.3 is 0 Å². The third-order valence-corrected chi connectivity index (χ3v) is 4.95. The third-order valence-electron chi connectivity index (χ3n) is 4.95. The zero-order chi connectivity index (χ0) is 18.7. The average Bonchev–Trinajstić information content (AvgIpc) is 2.68. The number of hydrogen-bond donors (Lipinski definition) is 1. The maximum absolute atomic E-state index is 12.9. The van der Waals surface area contributed by atoms with E-state index in [1.807, 2.05) is 55.5 Å². The van der Waals surface area contributed by atoms with Crippen molar-refractivity contribution in [1.82, 2.24) is 5.32 Å². The van der Waals surface area contributed by atoms with Crippen LogP contribution in [0.15, 0.2) is 48.5 Å². The van der Waals surface area contributed by atoms with Crippen LogP contribution in [-0.4, -0.2) is 26.0 Å². The first-order valence-corrected chi connectivity index (χ1v) is 8.80. The Bertz CT molecular complexity index is 801. The standard InChI is InChI=1S/C21H24N2O3/c1-14-8-10-15(11-9-14)23-19(24)13-12-17(21(25)22-2)20(23)16-6-4-5-7-18(16)26-3/h4-11,17,20H,12-13H2,1-3H3,(H,22,25). The highest BCUT2D eigenvalue weighted by molar-refractivity contribution is 5.97. The number of carbonyl (C=O) groups excluding carboxylic acids is 2. The quantitative estimate of drug-likeness (QED) is 0.919. The van der Waals surface area contributed by atoms with E-state index in [-0.39, 0.29) is 17.7 Å². The number of aryl methyl sites for hydroxylation is 1. The van der Waals surface area contributed by atoms with Gasteiger partial charge in [0.25, 0.3) is 0 Å². The van der Waals surface area contributed by atoms with Crippen LogP contribution in [0.25, 0.3) is 0 Å². The molecule has 5 nitrogen and oxygen atoms in total. The SMILES string of the molecule is CNC(=O)C1CCC(=O)N(c2ccc(C)cc2)C1c1ccccc1OC. The Morgan fingerprint density at radius 1 is 1.15 bits per heavy atom. The van der Waals surface area contributed by atoms with E-state index >= 15 is 0 Å². The molecule has 0 saturated carbocycles. The van der Waals surface area contributed by atoms with Gasteiger partial charge in [0, 0.05) is 24.7 Å². The van der Waals surface area contributed by atoms with Gasteiger partial charge in [-0.15, -0.1) is 0 Å². The van der Waals surface area contributed by atoms with Gasteiger partial charge in [-0.2, -0.15) is 0 Å². The number of amides is 2. The Morgan fingerprint density at radius 3 is 2.50 bits per heavy atom. The number of ether oxygens (including phenoxy) is 1. The van der Waals surface area contributed by atoms with Crippen LogP contribution in [0.2, 0.25) is 0 Å². The van der Waals surface area contributed by atoms with Crippen LogP contribution in [0.3, 0.4) is 0 Å². The Labute approximate surface area is 154 Å². The summed E-state index contributed by atoms with van der Waals surface area (Å²) >= 11 is 0. The van der Waals surface area contributed by atoms with E-state index < -0.39 is 6.04 Å². The summed E-state index contributed by atoms with van der Waals surface area (Å²) in [5.41, 5.74) is 2.76. The minimum absolute atomic E-state index is 0.0184. The van der Waals surface area contributed by atoms with E-state index in [1.165, 1.54) is 0 Å². The molecule has 2 aromatic rings. The number of nitrogens with one attached hydrogen (secondary N) is 1. The lowest BCUT2D eigenvalue weighted by molar-refractivity contribution is -0.128. The minimum atomic E-state index is -0.407. The van der Waals surface area contributed by atoms with Crippen molar-refractivity contribution in [2.75, 3.05) is 19.1 Å². The van der Waals surface area contributed by atoms with Crippen LogP contribution in [0, 0.1) is 12.8 Å². The van der Waals surface area contributed by atoms with E-state index in [9.17, 15) is 9.59 Å². The molecule has 0 bridgehead atoms. The molecular weight excluding hydrogens is 328 g/mol. The van der Waals surface area contributed by atoms with Gasteiger partial charge < -0.3 is 15.0 Å². The molecule has 0 radical (unpaired) electrons. The van der Waals surface area contributed by atoms with Gasteiger partial charge in [-0.3, -0.25) is 9.59 Å². The summed E-state index contributed by atoms with van der Waals surface area (Å²) in [6, 6.07) is 15.0. The van der Waals surface area contributed by atoms with E-state index in [2.05, 4.69) is 5.32 Å². The van der Waals surface area contributed by atoms with Gasteiger partial charge in [0.15, 0.2) is 0 Å². The summed E-state index contributed by atoms with van der Waals surface area (Å²) in [6.07, 6.45) is 0.862. The second-order valence-electron chi connectivity index (χ2n) is 6.55. The highest BCUT2D eigenvalue weighted by Gasteiger charge is 2.42. The predicted octanol–water partition coefficient (Wildman–Crippen LogP) is 3.23. The van der Waals surface area contributed by atoms with Gasteiger partial charge in [-0.25, -0.2) is 0 Å². The zero-order valence-electron chi connectivity index (χ0n) is 15.4. The first-order chi connectivity index (χ1) is 12.6. The number of para-hydroxylation sites is 1. The van der Waals surface area contributed by atoms with Crippen molar-refractivity contribution in [3.8, 4) is 5.75 Å². The molecule has 1 aliphatic heterocycles. The number of carbonyl (C=O) groups is 2. The van der Waals surface area contributed by atoms with E-state index in [4.69, 9.17) is 4.74 Å². The molecule has 5 heteroatoms. The number of benzene rings is 2. The summed E-state index contributed by atoms with van der Waals surface area (Å²) in [5.74, 6) is 0.295. The highest BCUT2D eigenvalue weighted by Crippen LogP contribution is 2.43. The maximum atomic E-state index is 12.9. The van der Waals surface area contributed by atoms with Gasteiger partial charge in [-0.05, 0) is 31.5 Å². The topological polar surface area (TPSA) is 58.6 Å². The molecule has 1 fully saturated rings. The lowest BCUT2D eigenvalue weighted by Crippen LogP contribution is -2.48. The summed E-state index contributed by atoms with van der Waals surface area (Å²) in [5, 5.41) is 2.75. The Balaban J connectivity index is 2.15. The predicted molar refractivity (Wildman–Crippen MR) is 101 cm³/mol. The third kappa shape index (κ3) is 3.29. The van der Waals surface area contributed by atoms with Crippen LogP contribution >= 0.6 is 0 Å². The molecule has 0 aromatic heterocycles. The molecule has 1 N–H and O–H groups in total. The van der Waals surface area contributed by atoms with Crippen LogP contribution < -0.4 is 15.0 Å². The molecule has 2 aromatic carbocycles. The number of hydrogen-bond acceptors (Lipinski definition) is 3. The number of methoxy groups -OCH3 is 1. The molecule has 2 atom stereocenters. The van der Waals surface area contributed by atoms with Crippen LogP contribution in [-0.2, 0) is 9.59 Å². The van der Waals surface area contributed by atoms with Crippen molar-refractivity contribution in [2.45, 2.75) is 25.8 Å². The normalized spacial score (nSPS) is 20.0. The smallest absolute Gasteiger partial charge is 0.227 e. The molecule has 0 aliphatic carbocycles. The second kappa shape index (κ2) is 7.60. The van der Waals surface area contributed by atoms with Crippen molar-refractivity contribution in [1.29, 1.82) is 0 Å². The van der Waals surface area contributed by atoms with Crippen molar-refractivity contribution in [3.63, 3.8) is 0 Å². The van der Waals surface area contributed by atoms with Crippen molar-refractivity contribution in [3.05, 3.63) is 59.7 Å². The molecular formula is C21H24N2O3. The monoisotopic (exact) mass is 352 g/mol. The highest BCUT2D eigenvalue weighted by atomic mass is 16.5. The number of piperidine rings is 1. The van der Waals surface area contributed by atoms with Crippen molar-refractivity contribution < 1.29 is 14.3 Å². The minimum Gasteiger partial charge on any atom is -0.496 e. The molecule has 2 unspecified atom stereocenters. The fourth-order valence-electron chi connectivity index (χ4n) is 3.63. The second-order valence-corrected chi connectivity index (χ2v) is 6.55. The molecule has 3 rings (SSSR count). The van der Waals surface area contributed by atoms with Crippen molar-refractivity contribution in [2.24, 2.45) is 5.92 Å². The largest absolute Gasteiger partial charge is 0.496 e. The van der Waals surface area contributed by atoms with Gasteiger partial charge in [0.1, 0.15) is 5.75 Å². The van der Waals surface area contributed by atoms with E-state index in [0.717, 1.165) is 16.8 Å². The molecule has 26 heavy (non-hydrogen) atoms. The van der Waals surface area contributed by atoms with Crippen molar-refractivity contribution >= 4 is 17.5 Å². The van der Waals surface area contributed by atoms with E-state index in [1.54, 1.807) is 19.1 Å².